The van der Waals surface area contributed by atoms with Crippen LogP contribution in [0.3, 0.4) is 0 Å². The number of pyridine rings is 1. The van der Waals surface area contributed by atoms with Crippen LogP contribution in [0.15, 0.2) is 85.2 Å². The van der Waals surface area contributed by atoms with Crippen LogP contribution in [0.4, 0.5) is 31.1 Å². The molecule has 0 bridgehead atoms. The summed E-state index contributed by atoms with van der Waals surface area (Å²) in [6.45, 7) is 3.07. The predicted molar refractivity (Wildman–Crippen MR) is 176 cm³/mol. The molecule has 0 spiro atoms. The Labute approximate surface area is 293 Å². The van der Waals surface area contributed by atoms with Gasteiger partial charge in [-0.2, -0.15) is 31.4 Å². The predicted octanol–water partition coefficient (Wildman–Crippen LogP) is 8.82. The molecule has 1 fully saturated rings. The SMILES string of the molecule is COC(=O)c1ccc(-c2ccc(OC)c(-c3ccc(-n4cccn4)nc3CN3C(=O)O[C@H](c4cc(C(F)(F)F)cc(C(F)(F)F)c4)[C@@H]3C)c2)c(C)c1. The number of rotatable bonds is 8. The maximum absolute atomic E-state index is 13.7. The highest BCUT2D eigenvalue weighted by Gasteiger charge is 2.43. The van der Waals surface area contributed by atoms with Crippen LogP contribution in [-0.4, -0.2) is 52.0 Å². The highest BCUT2D eigenvalue weighted by Crippen LogP contribution is 2.42. The molecule has 0 aliphatic carbocycles. The Hall–Kier alpha value is -5.86. The maximum atomic E-state index is 13.7. The number of aromatic nitrogens is 3. The number of carbonyl (C=O) groups excluding carboxylic acids is 2. The molecule has 2 atom stereocenters. The summed E-state index contributed by atoms with van der Waals surface area (Å²) in [6.07, 6.45) is -9.37. The molecular weight excluding hydrogens is 694 g/mol. The third kappa shape index (κ3) is 7.02. The van der Waals surface area contributed by atoms with E-state index < -0.39 is 53.3 Å². The van der Waals surface area contributed by atoms with E-state index >= 15 is 0 Å². The number of nitrogens with zero attached hydrogens (tertiary/aromatic N) is 4. The van der Waals surface area contributed by atoms with Crippen molar-refractivity contribution in [3.63, 3.8) is 0 Å². The van der Waals surface area contributed by atoms with Gasteiger partial charge in [0, 0.05) is 23.5 Å². The first-order valence-corrected chi connectivity index (χ1v) is 15.7. The highest BCUT2D eigenvalue weighted by atomic mass is 19.4. The minimum absolute atomic E-state index is 0.0240. The van der Waals surface area contributed by atoms with Crippen molar-refractivity contribution < 1.29 is 50.1 Å². The van der Waals surface area contributed by atoms with Crippen LogP contribution in [0.1, 0.15) is 51.3 Å². The van der Waals surface area contributed by atoms with Crippen molar-refractivity contribution in [2.45, 2.75) is 44.9 Å². The summed E-state index contributed by atoms with van der Waals surface area (Å²) in [5.41, 5.74) is 0.628. The summed E-state index contributed by atoms with van der Waals surface area (Å²) >= 11 is 0. The van der Waals surface area contributed by atoms with Crippen LogP contribution in [0.5, 0.6) is 5.75 Å². The first-order valence-electron chi connectivity index (χ1n) is 15.7. The van der Waals surface area contributed by atoms with Gasteiger partial charge in [-0.3, -0.25) is 4.90 Å². The average Bonchev–Trinajstić information content (AvgIpc) is 3.75. The number of methoxy groups -OCH3 is 2. The molecule has 270 valence electrons. The van der Waals surface area contributed by atoms with Crippen LogP contribution in [0.2, 0.25) is 0 Å². The Balaban J connectivity index is 1.42. The van der Waals surface area contributed by atoms with Gasteiger partial charge in [-0.15, -0.1) is 0 Å². The average molecular weight is 725 g/mol. The number of hydrogen-bond donors (Lipinski definition) is 0. The van der Waals surface area contributed by atoms with Gasteiger partial charge in [0.2, 0.25) is 0 Å². The lowest BCUT2D eigenvalue weighted by molar-refractivity contribution is -0.143. The summed E-state index contributed by atoms with van der Waals surface area (Å²) in [6, 6.07) is 15.8. The summed E-state index contributed by atoms with van der Waals surface area (Å²) < 4.78 is 99.5. The molecule has 6 rings (SSSR count). The fourth-order valence-corrected chi connectivity index (χ4v) is 6.17. The van der Waals surface area contributed by atoms with E-state index in [1.54, 1.807) is 54.9 Å². The molecule has 1 saturated heterocycles. The second-order valence-electron chi connectivity index (χ2n) is 12.1. The molecule has 9 nitrogen and oxygen atoms in total. The second-order valence-corrected chi connectivity index (χ2v) is 12.1. The van der Waals surface area contributed by atoms with Gasteiger partial charge in [0.15, 0.2) is 5.82 Å². The number of alkyl halides is 6. The Bertz CT molecular complexity index is 2120. The molecule has 0 saturated carbocycles. The zero-order valence-electron chi connectivity index (χ0n) is 28.0. The monoisotopic (exact) mass is 724 g/mol. The fraction of sp³-hybridized carbons (Fsp3) is 0.243. The minimum Gasteiger partial charge on any atom is -0.496 e. The molecule has 0 N–H and O–H groups in total. The van der Waals surface area contributed by atoms with Crippen molar-refractivity contribution in [3.05, 3.63) is 119 Å². The Morgan fingerprint density at radius 3 is 2.17 bits per heavy atom. The van der Waals surface area contributed by atoms with Crippen molar-refractivity contribution >= 4 is 12.1 Å². The highest BCUT2D eigenvalue weighted by molar-refractivity contribution is 5.91. The van der Waals surface area contributed by atoms with Gasteiger partial charge in [-0.05, 0) is 96.8 Å². The largest absolute Gasteiger partial charge is 0.496 e. The Kier molecular flexibility index (Phi) is 9.47. The standard InChI is InChI=1S/C37H30F6N4O5/c1-20-14-23(34(48)51-4)6-8-27(20)22-7-10-31(50-3)29(17-22)28-9-11-32(47-13-5-12-44-47)45-30(28)19-46-21(2)33(52-35(46)49)24-15-25(36(38,39)40)18-26(16-24)37(41,42)43/h5-18,21,33H,19H2,1-4H3/t21-,33-/m0/s1. The van der Waals surface area contributed by atoms with E-state index in [1.165, 1.54) is 30.7 Å². The molecule has 3 heterocycles. The molecule has 3 aromatic carbocycles. The number of amides is 1. The molecular formula is C37H30F6N4O5. The lowest BCUT2D eigenvalue weighted by Crippen LogP contribution is -2.32. The fourth-order valence-electron chi connectivity index (χ4n) is 6.17. The van der Waals surface area contributed by atoms with Gasteiger partial charge in [0.25, 0.3) is 0 Å². The quantitative estimate of drug-likeness (QED) is 0.117. The summed E-state index contributed by atoms with van der Waals surface area (Å²) in [5.74, 6) is 0.336. The summed E-state index contributed by atoms with van der Waals surface area (Å²) in [4.78, 5) is 31.5. The first-order chi connectivity index (χ1) is 24.6. The van der Waals surface area contributed by atoms with E-state index in [9.17, 15) is 35.9 Å². The molecule has 1 aliphatic rings. The van der Waals surface area contributed by atoms with Gasteiger partial charge < -0.3 is 14.2 Å². The summed E-state index contributed by atoms with van der Waals surface area (Å²) in [5, 5.41) is 4.23. The van der Waals surface area contributed by atoms with Crippen LogP contribution in [0.25, 0.3) is 28.1 Å². The van der Waals surface area contributed by atoms with Gasteiger partial charge in [-0.25, -0.2) is 19.3 Å². The smallest absolute Gasteiger partial charge is 0.416 e. The molecule has 15 heteroatoms. The zero-order chi connectivity index (χ0) is 37.5. The summed E-state index contributed by atoms with van der Waals surface area (Å²) in [7, 11) is 2.78. The Morgan fingerprint density at radius 1 is 0.885 bits per heavy atom. The van der Waals surface area contributed by atoms with Crippen LogP contribution < -0.4 is 4.74 Å². The zero-order valence-corrected chi connectivity index (χ0v) is 28.0. The van der Waals surface area contributed by atoms with Crippen LogP contribution >= 0.6 is 0 Å². The van der Waals surface area contributed by atoms with E-state index in [-0.39, 0.29) is 12.6 Å². The molecule has 52 heavy (non-hydrogen) atoms. The number of benzene rings is 3. The van der Waals surface area contributed by atoms with Crippen molar-refractivity contribution in [1.29, 1.82) is 0 Å². The normalized spacial score (nSPS) is 16.2. The number of carbonyl (C=O) groups is 2. The van der Waals surface area contributed by atoms with Crippen LogP contribution in [0, 0.1) is 6.92 Å². The maximum Gasteiger partial charge on any atom is 0.416 e. The van der Waals surface area contributed by atoms with Gasteiger partial charge in [-0.1, -0.05) is 12.1 Å². The third-order valence-corrected chi connectivity index (χ3v) is 8.80. The number of aryl methyl sites for hydroxylation is 1. The van der Waals surface area contributed by atoms with Crippen molar-refractivity contribution in [2.75, 3.05) is 14.2 Å². The number of ether oxygens (including phenoxy) is 3. The molecule has 2 aromatic heterocycles. The first kappa shape index (κ1) is 35.9. The van der Waals surface area contributed by atoms with E-state index in [2.05, 4.69) is 5.10 Å². The van der Waals surface area contributed by atoms with E-state index in [0.717, 1.165) is 16.7 Å². The van der Waals surface area contributed by atoms with E-state index in [4.69, 9.17) is 19.2 Å². The number of halogens is 6. The molecule has 0 radical (unpaired) electrons. The number of cyclic esters (lactones) is 1. The molecule has 5 aromatic rings. The van der Waals surface area contributed by atoms with Crippen molar-refractivity contribution in [3.8, 4) is 33.8 Å². The van der Waals surface area contributed by atoms with Gasteiger partial charge in [0.1, 0.15) is 11.9 Å². The number of esters is 1. The van der Waals surface area contributed by atoms with Gasteiger partial charge >= 0.3 is 24.4 Å². The molecule has 0 unspecified atom stereocenters. The lowest BCUT2D eigenvalue weighted by Gasteiger charge is -2.23. The van der Waals surface area contributed by atoms with Crippen LogP contribution in [-0.2, 0) is 28.4 Å². The van der Waals surface area contributed by atoms with Crippen molar-refractivity contribution in [1.82, 2.24) is 19.7 Å². The van der Waals surface area contributed by atoms with E-state index in [0.29, 0.717) is 46.1 Å². The van der Waals surface area contributed by atoms with Gasteiger partial charge in [0.05, 0.1) is 49.2 Å². The third-order valence-electron chi connectivity index (χ3n) is 8.80. The second kappa shape index (κ2) is 13.7. The van der Waals surface area contributed by atoms with E-state index in [1.807, 2.05) is 19.1 Å². The molecule has 1 amide bonds. The van der Waals surface area contributed by atoms with Crippen molar-refractivity contribution in [2.24, 2.45) is 0 Å². The lowest BCUT2D eigenvalue weighted by atomic mass is 9.93. The number of hydrogen-bond acceptors (Lipinski definition) is 7. The topological polar surface area (TPSA) is 95.8 Å². The molecule has 1 aliphatic heterocycles. The minimum atomic E-state index is -5.08. The Morgan fingerprint density at radius 2 is 1.58 bits per heavy atom.